The molecule has 1 radical (unpaired) electrons. The van der Waals surface area contributed by atoms with Crippen LogP contribution in [0.15, 0.2) is 24.3 Å². The summed E-state index contributed by atoms with van der Waals surface area (Å²) in [7, 11) is 0.750. The van der Waals surface area contributed by atoms with Crippen LogP contribution in [0.4, 0.5) is 0 Å². The van der Waals surface area contributed by atoms with Gasteiger partial charge in [-0.15, -0.1) is 0 Å². The van der Waals surface area contributed by atoms with Crippen molar-refractivity contribution >= 4 is 9.52 Å². The third-order valence-corrected chi connectivity index (χ3v) is 3.49. The zero-order valence-corrected chi connectivity index (χ0v) is 18.0. The molecule has 0 aliphatic rings. The Labute approximate surface area is 147 Å². The monoisotopic (exact) mass is 363 g/mol. The molecule has 2 aromatic rings. The number of aryl methyl sites for hydroxylation is 4. The van der Waals surface area contributed by atoms with E-state index < -0.39 is 0 Å². The molecule has 109 valence electrons. The van der Waals surface area contributed by atoms with Gasteiger partial charge in [-0.3, -0.25) is 0 Å². The molecule has 0 spiro atoms. The van der Waals surface area contributed by atoms with Crippen LogP contribution in [0.2, 0.25) is 13.1 Å². The van der Waals surface area contributed by atoms with Crippen molar-refractivity contribution in [1.29, 1.82) is 0 Å². The first-order valence-corrected chi connectivity index (χ1v) is 9.29. The van der Waals surface area contributed by atoms with Gasteiger partial charge >= 0.3 is 26.2 Å². The van der Waals surface area contributed by atoms with Crippen LogP contribution in [0.1, 0.15) is 33.4 Å². The van der Waals surface area contributed by atoms with E-state index in [1.807, 2.05) is 0 Å². The van der Waals surface area contributed by atoms with Crippen molar-refractivity contribution in [3.8, 4) is 0 Å². The summed E-state index contributed by atoms with van der Waals surface area (Å²) in [5.74, 6) is 0. The van der Waals surface area contributed by atoms with Gasteiger partial charge in [-0.05, 0) is 0 Å². The van der Waals surface area contributed by atoms with Crippen molar-refractivity contribution in [1.82, 2.24) is 0 Å². The molecule has 0 saturated carbocycles. The summed E-state index contributed by atoms with van der Waals surface area (Å²) in [4.78, 5) is 0. The van der Waals surface area contributed by atoms with E-state index in [0.29, 0.717) is 0 Å². The zero-order chi connectivity index (χ0) is 15.0. The van der Waals surface area contributed by atoms with Gasteiger partial charge in [0.2, 0.25) is 0 Å². The first-order chi connectivity index (χ1) is 8.84. The molecule has 0 unspecified atom stereocenters. The molecule has 0 atom stereocenters. The van der Waals surface area contributed by atoms with Gasteiger partial charge in [0.1, 0.15) is 0 Å². The SMILES string of the molecule is C[SiH]C.Cc1c[c-](C)c(C)c1C.Cc1ccc[c-]1C.[Zr+2]. The van der Waals surface area contributed by atoms with Crippen LogP contribution in [0.3, 0.4) is 0 Å². The second kappa shape index (κ2) is 11.5. The molecule has 0 amide bonds. The fourth-order valence-electron chi connectivity index (χ4n) is 1.73. The quantitative estimate of drug-likeness (QED) is 0.446. The first-order valence-electron chi connectivity index (χ1n) is 6.98. The van der Waals surface area contributed by atoms with Gasteiger partial charge in [-0.25, -0.2) is 12.1 Å². The van der Waals surface area contributed by atoms with E-state index >= 15 is 0 Å². The largest absolute Gasteiger partial charge is 2.00 e. The molecule has 0 nitrogen and oxygen atoms in total. The van der Waals surface area contributed by atoms with Crippen LogP contribution >= 0.6 is 0 Å². The van der Waals surface area contributed by atoms with Gasteiger partial charge < -0.3 is 0 Å². The summed E-state index contributed by atoms with van der Waals surface area (Å²) in [6.45, 7) is 17.3. The second-order valence-electron chi connectivity index (χ2n) is 5.23. The van der Waals surface area contributed by atoms with E-state index in [1.54, 1.807) is 0 Å². The van der Waals surface area contributed by atoms with E-state index in [4.69, 9.17) is 0 Å². The van der Waals surface area contributed by atoms with Crippen molar-refractivity contribution in [3.63, 3.8) is 0 Å². The van der Waals surface area contributed by atoms with Crippen molar-refractivity contribution in [2.45, 2.75) is 54.6 Å². The standard InChI is InChI=1S/C9H13.C7H9.C2H7Si.Zr/c1-6-5-7(2)9(4)8(6)3;1-6-4-3-5-7(6)2;1-3-2;/h5H,1-4H3;3-5H,1-2H3;3H,1-2H3;/q2*-1;;+2. The molecule has 0 fully saturated rings. The first kappa shape index (κ1) is 22.1. The van der Waals surface area contributed by atoms with Crippen LogP contribution in [0.25, 0.3) is 0 Å². The smallest absolute Gasteiger partial charge is 0.213 e. The molecule has 0 saturated heterocycles. The second-order valence-corrected chi connectivity index (χ2v) is 6.38. The Morgan fingerprint density at radius 2 is 1.45 bits per heavy atom. The Kier molecular flexibility index (Phi) is 12.7. The van der Waals surface area contributed by atoms with Gasteiger partial charge in [0, 0.05) is 9.52 Å². The summed E-state index contributed by atoms with van der Waals surface area (Å²) < 4.78 is 0. The van der Waals surface area contributed by atoms with Gasteiger partial charge in [-0.1, -0.05) is 54.6 Å². The molecule has 0 aliphatic carbocycles. The van der Waals surface area contributed by atoms with Crippen LogP contribution in [-0.2, 0) is 26.2 Å². The van der Waals surface area contributed by atoms with Crippen molar-refractivity contribution in [2.24, 2.45) is 0 Å². The fraction of sp³-hybridized carbons (Fsp3) is 0.444. The van der Waals surface area contributed by atoms with Gasteiger partial charge in [-0.2, -0.15) is 45.5 Å². The third-order valence-electron chi connectivity index (χ3n) is 3.49. The van der Waals surface area contributed by atoms with Crippen molar-refractivity contribution in [3.05, 3.63) is 57.6 Å². The van der Waals surface area contributed by atoms with E-state index in [1.165, 1.54) is 33.4 Å². The number of hydrogen-bond donors (Lipinski definition) is 0. The molecule has 20 heavy (non-hydrogen) atoms. The number of rotatable bonds is 0. The van der Waals surface area contributed by atoms with Gasteiger partial charge in [0.15, 0.2) is 0 Å². The Morgan fingerprint density at radius 3 is 1.55 bits per heavy atom. The Balaban J connectivity index is 0. The van der Waals surface area contributed by atoms with Crippen LogP contribution in [0, 0.1) is 41.5 Å². The minimum Gasteiger partial charge on any atom is -0.213 e. The summed E-state index contributed by atoms with van der Waals surface area (Å²) in [6.07, 6.45) is 0. The van der Waals surface area contributed by atoms with E-state index in [2.05, 4.69) is 78.9 Å². The molecule has 0 bridgehead atoms. The average Bonchev–Trinajstić information content (AvgIpc) is 2.82. The van der Waals surface area contributed by atoms with Crippen LogP contribution < -0.4 is 0 Å². The fourth-order valence-corrected chi connectivity index (χ4v) is 1.73. The van der Waals surface area contributed by atoms with Crippen LogP contribution in [0.5, 0.6) is 0 Å². The normalized spacial score (nSPS) is 8.80. The van der Waals surface area contributed by atoms with E-state index in [0.717, 1.165) is 9.52 Å². The third kappa shape index (κ3) is 7.55. The Hall–Kier alpha value is -0.200. The molecule has 2 heteroatoms. The Bertz CT molecular complexity index is 439. The minimum atomic E-state index is 0. The van der Waals surface area contributed by atoms with Gasteiger partial charge in [0.25, 0.3) is 0 Å². The van der Waals surface area contributed by atoms with Crippen LogP contribution in [-0.4, -0.2) is 9.52 Å². The molecule has 0 aromatic heterocycles. The predicted molar refractivity (Wildman–Crippen MR) is 91.4 cm³/mol. The predicted octanol–water partition coefficient (Wildman–Crippen LogP) is 5.18. The van der Waals surface area contributed by atoms with E-state index in [-0.39, 0.29) is 26.2 Å². The zero-order valence-electron chi connectivity index (χ0n) is 14.4. The molecular formula is C18H29SiZr. The van der Waals surface area contributed by atoms with Crippen molar-refractivity contribution in [2.75, 3.05) is 0 Å². The summed E-state index contributed by atoms with van der Waals surface area (Å²) >= 11 is 0. The molecule has 2 aromatic carbocycles. The molecule has 0 aliphatic heterocycles. The molecular weight excluding hydrogens is 336 g/mol. The maximum absolute atomic E-state index is 2.24. The summed E-state index contributed by atoms with van der Waals surface area (Å²) in [5.41, 5.74) is 8.52. The summed E-state index contributed by atoms with van der Waals surface area (Å²) in [5, 5.41) is 0. The Morgan fingerprint density at radius 1 is 0.950 bits per heavy atom. The van der Waals surface area contributed by atoms with E-state index in [9.17, 15) is 0 Å². The van der Waals surface area contributed by atoms with Crippen molar-refractivity contribution < 1.29 is 26.2 Å². The summed E-state index contributed by atoms with van der Waals surface area (Å²) in [6, 6.07) is 8.56. The van der Waals surface area contributed by atoms with Gasteiger partial charge in [0.05, 0.1) is 0 Å². The average molecular weight is 365 g/mol. The molecule has 0 N–H and O–H groups in total. The number of hydrogen-bond acceptors (Lipinski definition) is 0. The topological polar surface area (TPSA) is 0 Å². The molecule has 2 rings (SSSR count). The maximum Gasteiger partial charge on any atom is 2.00 e. The minimum absolute atomic E-state index is 0. The molecule has 0 heterocycles. The maximum atomic E-state index is 2.24.